The fourth-order valence-electron chi connectivity index (χ4n) is 4.30. The maximum atomic E-state index is 13.0. The van der Waals surface area contributed by atoms with Crippen molar-refractivity contribution in [3.8, 4) is 17.2 Å². The van der Waals surface area contributed by atoms with E-state index in [0.29, 0.717) is 55.2 Å². The molecule has 1 amide bonds. The summed E-state index contributed by atoms with van der Waals surface area (Å²) in [5.41, 5.74) is 4.16. The summed E-state index contributed by atoms with van der Waals surface area (Å²) in [6.07, 6.45) is 3.93. The molecule has 0 bridgehead atoms. The lowest BCUT2D eigenvalue weighted by Crippen LogP contribution is -2.37. The van der Waals surface area contributed by atoms with Crippen LogP contribution in [-0.2, 0) is 4.74 Å². The Labute approximate surface area is 197 Å². The van der Waals surface area contributed by atoms with Crippen molar-refractivity contribution in [2.75, 3.05) is 38.3 Å². The summed E-state index contributed by atoms with van der Waals surface area (Å²) in [4.78, 5) is 26.4. The molecule has 0 radical (unpaired) electrons. The van der Waals surface area contributed by atoms with Crippen LogP contribution in [0.4, 0.5) is 5.82 Å². The molecule has 4 aromatic rings. The van der Waals surface area contributed by atoms with Crippen LogP contribution in [0.5, 0.6) is 0 Å². The molecule has 1 saturated carbocycles. The Morgan fingerprint density at radius 3 is 2.71 bits per heavy atom. The molecule has 34 heavy (non-hydrogen) atoms. The molecule has 2 fully saturated rings. The number of hydrogen-bond donors (Lipinski definition) is 0. The number of benzene rings is 1. The number of rotatable bonds is 5. The summed E-state index contributed by atoms with van der Waals surface area (Å²) < 4.78 is 13.3. The monoisotopic (exact) mass is 458 g/mol. The number of hydrogen-bond acceptors (Lipinski definition) is 7. The van der Waals surface area contributed by atoms with Gasteiger partial charge in [-0.25, -0.2) is 9.67 Å². The molecule has 1 aliphatic heterocycles. The molecule has 1 saturated heterocycles. The smallest absolute Gasteiger partial charge is 0.289 e. The normalized spacial score (nSPS) is 16.2. The van der Waals surface area contributed by atoms with Crippen LogP contribution in [0.3, 0.4) is 0 Å². The van der Waals surface area contributed by atoms with Gasteiger partial charge in [0.1, 0.15) is 5.52 Å². The highest BCUT2D eigenvalue weighted by Gasteiger charge is 2.32. The van der Waals surface area contributed by atoms with Crippen molar-refractivity contribution in [2.24, 2.45) is 0 Å². The van der Waals surface area contributed by atoms with E-state index in [2.05, 4.69) is 24.0 Å². The van der Waals surface area contributed by atoms with Crippen molar-refractivity contribution < 1.29 is 13.9 Å². The second-order valence-electron chi connectivity index (χ2n) is 8.93. The highest BCUT2D eigenvalue weighted by Crippen LogP contribution is 2.32. The van der Waals surface area contributed by atoms with Crippen LogP contribution < -0.4 is 4.90 Å². The van der Waals surface area contributed by atoms with Gasteiger partial charge in [0, 0.05) is 44.0 Å². The number of amides is 1. The second-order valence-corrected chi connectivity index (χ2v) is 8.93. The lowest BCUT2D eigenvalue weighted by Gasteiger charge is -2.27. The molecular weight excluding hydrogens is 432 g/mol. The first-order valence-corrected chi connectivity index (χ1v) is 11.6. The molecule has 0 unspecified atom stereocenters. The van der Waals surface area contributed by atoms with Gasteiger partial charge in [-0.1, -0.05) is 23.8 Å². The Bertz CT molecular complexity index is 1370. The van der Waals surface area contributed by atoms with Crippen LogP contribution in [0.25, 0.3) is 28.3 Å². The van der Waals surface area contributed by atoms with E-state index in [1.54, 1.807) is 15.6 Å². The first-order chi connectivity index (χ1) is 16.6. The van der Waals surface area contributed by atoms with Crippen molar-refractivity contribution in [2.45, 2.75) is 25.8 Å². The van der Waals surface area contributed by atoms with Crippen LogP contribution in [0.1, 0.15) is 29.0 Å². The van der Waals surface area contributed by atoms with Crippen LogP contribution in [0, 0.1) is 6.92 Å². The molecule has 174 valence electrons. The number of carbonyl (C=O) groups is 1. The van der Waals surface area contributed by atoms with Crippen LogP contribution in [0.15, 0.2) is 47.0 Å². The van der Waals surface area contributed by atoms with E-state index >= 15 is 0 Å². The lowest BCUT2D eigenvalue weighted by atomic mass is 10.1. The van der Waals surface area contributed by atoms with Gasteiger partial charge in [-0.2, -0.15) is 10.1 Å². The standard InChI is InChI=1S/C25H26N6O3/c1-16-4-3-5-17(14-16)19-8-9-31(28-19)25-26-20-15-21(24(32)29(2)18-6-7-18)34-22(20)23(27-25)30-10-12-33-13-11-30/h3-5,8-9,14-15,18H,6-7,10-13H2,1-2H3. The minimum absolute atomic E-state index is 0.129. The SMILES string of the molecule is Cc1cccc(-c2ccn(-c3nc(N4CCOCC4)c4oc(C(=O)N(C)C5CC5)cc4n3)n2)c1. The van der Waals surface area contributed by atoms with E-state index in [-0.39, 0.29) is 11.7 Å². The van der Waals surface area contributed by atoms with E-state index < -0.39 is 0 Å². The first-order valence-electron chi connectivity index (χ1n) is 11.6. The van der Waals surface area contributed by atoms with Crippen molar-refractivity contribution in [1.29, 1.82) is 0 Å². The molecule has 4 heterocycles. The number of furan rings is 1. The number of fused-ring (bicyclic) bond motifs is 1. The van der Waals surface area contributed by atoms with Crippen LogP contribution >= 0.6 is 0 Å². The third-order valence-electron chi connectivity index (χ3n) is 6.39. The van der Waals surface area contributed by atoms with Gasteiger partial charge in [0.05, 0.1) is 18.9 Å². The summed E-state index contributed by atoms with van der Waals surface area (Å²) in [7, 11) is 1.82. The Morgan fingerprint density at radius 2 is 1.94 bits per heavy atom. The molecule has 1 aliphatic carbocycles. The third-order valence-corrected chi connectivity index (χ3v) is 6.39. The summed E-state index contributed by atoms with van der Waals surface area (Å²) in [5, 5.41) is 4.73. The Kier molecular flexibility index (Phi) is 5.06. The topological polar surface area (TPSA) is 89.5 Å². The highest BCUT2D eigenvalue weighted by molar-refractivity contribution is 5.97. The third kappa shape index (κ3) is 3.81. The van der Waals surface area contributed by atoms with E-state index in [1.165, 1.54) is 5.56 Å². The Balaban J connectivity index is 1.42. The van der Waals surface area contributed by atoms with Gasteiger partial charge in [0.2, 0.25) is 0 Å². The van der Waals surface area contributed by atoms with Crippen molar-refractivity contribution in [3.05, 3.63) is 53.9 Å². The van der Waals surface area contributed by atoms with Crippen molar-refractivity contribution in [3.63, 3.8) is 0 Å². The molecular formula is C25H26N6O3. The van der Waals surface area contributed by atoms with Gasteiger partial charge in [-0.15, -0.1) is 0 Å². The second kappa shape index (κ2) is 8.25. The highest BCUT2D eigenvalue weighted by atomic mass is 16.5. The van der Waals surface area contributed by atoms with Gasteiger partial charge in [-0.3, -0.25) is 4.79 Å². The molecule has 6 rings (SSSR count). The Morgan fingerprint density at radius 1 is 1.12 bits per heavy atom. The zero-order chi connectivity index (χ0) is 23.2. The minimum Gasteiger partial charge on any atom is -0.445 e. The van der Waals surface area contributed by atoms with Crippen molar-refractivity contribution in [1.82, 2.24) is 24.6 Å². The van der Waals surface area contributed by atoms with E-state index in [0.717, 1.165) is 24.1 Å². The number of nitrogens with zero attached hydrogens (tertiary/aromatic N) is 6. The summed E-state index contributed by atoms with van der Waals surface area (Å²) in [5.74, 6) is 1.24. The predicted molar refractivity (Wildman–Crippen MR) is 127 cm³/mol. The summed E-state index contributed by atoms with van der Waals surface area (Å²) in [6, 6.07) is 12.2. The number of ether oxygens (including phenoxy) is 1. The maximum Gasteiger partial charge on any atom is 0.289 e. The zero-order valence-electron chi connectivity index (χ0n) is 19.3. The van der Waals surface area contributed by atoms with E-state index in [1.807, 2.05) is 31.4 Å². The molecule has 9 heteroatoms. The number of carbonyl (C=O) groups excluding carboxylic acids is 1. The Hall–Kier alpha value is -3.72. The number of aryl methyl sites for hydroxylation is 1. The molecule has 1 aromatic carbocycles. The van der Waals surface area contributed by atoms with Crippen LogP contribution in [-0.4, -0.2) is 69.9 Å². The van der Waals surface area contributed by atoms with Crippen molar-refractivity contribution >= 4 is 22.8 Å². The zero-order valence-corrected chi connectivity index (χ0v) is 19.3. The molecule has 0 spiro atoms. The largest absolute Gasteiger partial charge is 0.445 e. The predicted octanol–water partition coefficient (Wildman–Crippen LogP) is 3.45. The number of anilines is 1. The van der Waals surface area contributed by atoms with Crippen LogP contribution in [0.2, 0.25) is 0 Å². The maximum absolute atomic E-state index is 13.0. The average molecular weight is 459 g/mol. The average Bonchev–Trinajstić information content (AvgIpc) is 3.43. The fourth-order valence-corrected chi connectivity index (χ4v) is 4.30. The van der Waals surface area contributed by atoms with E-state index in [9.17, 15) is 4.79 Å². The van der Waals surface area contributed by atoms with Gasteiger partial charge < -0.3 is 19.0 Å². The summed E-state index contributed by atoms with van der Waals surface area (Å²) in [6.45, 7) is 4.65. The molecule has 9 nitrogen and oxygen atoms in total. The van der Waals surface area contributed by atoms with E-state index in [4.69, 9.17) is 24.2 Å². The van der Waals surface area contributed by atoms with Gasteiger partial charge in [0.15, 0.2) is 17.2 Å². The molecule has 0 N–H and O–H groups in total. The minimum atomic E-state index is -0.129. The number of morpholine rings is 1. The molecule has 3 aromatic heterocycles. The summed E-state index contributed by atoms with van der Waals surface area (Å²) >= 11 is 0. The lowest BCUT2D eigenvalue weighted by molar-refractivity contribution is 0.0755. The quantitative estimate of drug-likeness (QED) is 0.452. The molecule has 2 aliphatic rings. The fraction of sp³-hybridized carbons (Fsp3) is 0.360. The van der Waals surface area contributed by atoms with Gasteiger partial charge >= 0.3 is 0 Å². The van der Waals surface area contributed by atoms with Gasteiger partial charge in [0.25, 0.3) is 11.9 Å². The molecule has 0 atom stereocenters. The first kappa shape index (κ1) is 20.9. The van der Waals surface area contributed by atoms with Gasteiger partial charge in [-0.05, 0) is 31.9 Å². The number of aromatic nitrogens is 4.